The third-order valence-electron chi connectivity index (χ3n) is 6.56. The lowest BCUT2D eigenvalue weighted by Crippen LogP contribution is -2.33. The van der Waals surface area contributed by atoms with Crippen molar-refractivity contribution in [1.82, 2.24) is 9.88 Å². The molecule has 38 heavy (non-hydrogen) atoms. The Hall–Kier alpha value is -4.23. The first-order valence-corrected chi connectivity index (χ1v) is 13.3. The molecular formula is C31H28N2O4S. The highest BCUT2D eigenvalue weighted by atomic mass is 32.1. The molecule has 1 aliphatic rings. The minimum atomic E-state index is -0.749. The third kappa shape index (κ3) is 5.24. The number of ketones is 1. The van der Waals surface area contributed by atoms with Crippen LogP contribution in [0.2, 0.25) is 0 Å². The number of aliphatic hydroxyl groups excluding tert-OH is 1. The molecule has 1 N–H and O–H groups in total. The van der Waals surface area contributed by atoms with Gasteiger partial charge in [0.2, 0.25) is 5.78 Å². The molecule has 0 aliphatic carbocycles. The van der Waals surface area contributed by atoms with Gasteiger partial charge in [-0.05, 0) is 49.1 Å². The summed E-state index contributed by atoms with van der Waals surface area (Å²) >= 11 is 1.27. The largest absolute Gasteiger partial charge is 0.503 e. The van der Waals surface area contributed by atoms with Gasteiger partial charge in [0.1, 0.15) is 12.4 Å². The Morgan fingerprint density at radius 1 is 0.974 bits per heavy atom. The second-order valence-electron chi connectivity index (χ2n) is 9.22. The van der Waals surface area contributed by atoms with E-state index < -0.39 is 17.7 Å². The number of benzene rings is 3. The normalized spacial score (nSPS) is 15.3. The van der Waals surface area contributed by atoms with E-state index in [4.69, 9.17) is 4.74 Å². The molecule has 1 aliphatic heterocycles. The summed E-state index contributed by atoms with van der Waals surface area (Å²) in [5.74, 6) is -0.815. The molecule has 0 saturated carbocycles. The maximum absolute atomic E-state index is 13.8. The van der Waals surface area contributed by atoms with Crippen molar-refractivity contribution in [3.05, 3.63) is 129 Å². The van der Waals surface area contributed by atoms with E-state index in [1.54, 1.807) is 11.8 Å². The molecule has 3 aromatic carbocycles. The Morgan fingerprint density at radius 2 is 1.66 bits per heavy atom. The number of amides is 1. The van der Waals surface area contributed by atoms with Gasteiger partial charge < -0.3 is 14.7 Å². The van der Waals surface area contributed by atoms with Crippen LogP contribution in [0.1, 0.15) is 43.1 Å². The van der Waals surface area contributed by atoms with Crippen LogP contribution in [0.15, 0.2) is 96.3 Å². The summed E-state index contributed by atoms with van der Waals surface area (Å²) in [4.78, 5) is 33.5. The molecule has 0 saturated heterocycles. The Bertz CT molecular complexity index is 1490. The Kier molecular flexibility index (Phi) is 7.38. The zero-order valence-electron chi connectivity index (χ0n) is 21.3. The fourth-order valence-electron chi connectivity index (χ4n) is 4.74. The number of aliphatic hydroxyl groups is 1. The number of aryl methyl sites for hydroxylation is 2. The summed E-state index contributed by atoms with van der Waals surface area (Å²) in [6, 6.07) is 26.3. The van der Waals surface area contributed by atoms with E-state index in [0.29, 0.717) is 41.5 Å². The Labute approximate surface area is 225 Å². The van der Waals surface area contributed by atoms with E-state index >= 15 is 0 Å². The van der Waals surface area contributed by atoms with E-state index in [2.05, 4.69) is 4.98 Å². The first kappa shape index (κ1) is 25.4. The van der Waals surface area contributed by atoms with Crippen molar-refractivity contribution >= 4 is 23.0 Å². The standard InChI is InChI=1S/C31H28N2O4S/c1-20-30(38-21(2)32-20)28(34)26-27(33(31(36)29(26)35)17-16-22-10-5-3-6-11-22)24-14-9-15-25(18-24)37-19-23-12-7-4-8-13-23/h3-15,18,27,35H,16-17,19H2,1-2H3. The minimum absolute atomic E-state index is 0.0787. The number of rotatable bonds is 9. The van der Waals surface area contributed by atoms with Gasteiger partial charge in [-0.3, -0.25) is 9.59 Å². The van der Waals surface area contributed by atoms with Gasteiger partial charge in [-0.25, -0.2) is 4.98 Å². The van der Waals surface area contributed by atoms with Crippen LogP contribution >= 0.6 is 11.3 Å². The van der Waals surface area contributed by atoms with Crippen LogP contribution in [0.5, 0.6) is 5.75 Å². The number of hydrogen-bond acceptors (Lipinski definition) is 6. The maximum atomic E-state index is 13.8. The second kappa shape index (κ2) is 11.0. The lowest BCUT2D eigenvalue weighted by Gasteiger charge is -2.27. The first-order valence-electron chi connectivity index (χ1n) is 12.5. The van der Waals surface area contributed by atoms with Crippen molar-refractivity contribution in [2.24, 2.45) is 0 Å². The minimum Gasteiger partial charge on any atom is -0.503 e. The quantitative estimate of drug-likeness (QED) is 0.265. The molecule has 0 fully saturated rings. The van der Waals surface area contributed by atoms with Gasteiger partial charge in [-0.1, -0.05) is 72.8 Å². The maximum Gasteiger partial charge on any atom is 0.290 e. The van der Waals surface area contributed by atoms with Crippen LogP contribution in [-0.4, -0.2) is 33.2 Å². The summed E-state index contributed by atoms with van der Waals surface area (Å²) < 4.78 is 6.04. The monoisotopic (exact) mass is 524 g/mol. The highest BCUT2D eigenvalue weighted by molar-refractivity contribution is 7.14. The molecule has 0 radical (unpaired) electrons. The summed E-state index contributed by atoms with van der Waals surface area (Å²) in [5, 5.41) is 11.8. The molecule has 7 heteroatoms. The summed E-state index contributed by atoms with van der Waals surface area (Å²) in [5.41, 5.74) is 3.46. The number of carbonyl (C=O) groups excluding carboxylic acids is 2. The van der Waals surface area contributed by atoms with E-state index in [-0.39, 0.29) is 11.4 Å². The summed E-state index contributed by atoms with van der Waals surface area (Å²) in [7, 11) is 0. The van der Waals surface area contributed by atoms with Crippen molar-refractivity contribution in [2.45, 2.75) is 32.9 Å². The van der Waals surface area contributed by atoms with Crippen LogP contribution < -0.4 is 4.74 Å². The molecule has 1 amide bonds. The van der Waals surface area contributed by atoms with Crippen molar-refractivity contribution in [2.75, 3.05) is 6.54 Å². The van der Waals surface area contributed by atoms with Crippen molar-refractivity contribution in [3.8, 4) is 5.75 Å². The smallest absolute Gasteiger partial charge is 0.290 e. The van der Waals surface area contributed by atoms with Crippen LogP contribution in [0, 0.1) is 13.8 Å². The topological polar surface area (TPSA) is 79.7 Å². The molecule has 2 heterocycles. The molecular weight excluding hydrogens is 496 g/mol. The zero-order valence-corrected chi connectivity index (χ0v) is 22.1. The summed E-state index contributed by atoms with van der Waals surface area (Å²) in [6.07, 6.45) is 0.584. The fraction of sp³-hybridized carbons (Fsp3) is 0.194. The van der Waals surface area contributed by atoms with Crippen LogP contribution in [0.25, 0.3) is 0 Å². The lowest BCUT2D eigenvalue weighted by atomic mass is 9.94. The molecule has 6 nitrogen and oxygen atoms in total. The Balaban J connectivity index is 1.50. The predicted octanol–water partition coefficient (Wildman–Crippen LogP) is 6.16. The van der Waals surface area contributed by atoms with Crippen molar-refractivity contribution in [3.63, 3.8) is 0 Å². The molecule has 0 bridgehead atoms. The third-order valence-corrected chi connectivity index (χ3v) is 7.64. The molecule has 0 spiro atoms. The number of aromatic nitrogens is 1. The fourth-order valence-corrected chi connectivity index (χ4v) is 5.61. The van der Waals surface area contributed by atoms with Crippen LogP contribution in [-0.2, 0) is 17.8 Å². The van der Waals surface area contributed by atoms with Gasteiger partial charge in [0.15, 0.2) is 5.76 Å². The number of thiazole rings is 1. The number of carbonyl (C=O) groups is 2. The lowest BCUT2D eigenvalue weighted by molar-refractivity contribution is -0.129. The zero-order chi connectivity index (χ0) is 26.6. The Morgan fingerprint density at radius 3 is 2.32 bits per heavy atom. The highest BCUT2D eigenvalue weighted by Gasteiger charge is 2.44. The van der Waals surface area contributed by atoms with Gasteiger partial charge in [0.05, 0.1) is 27.2 Å². The van der Waals surface area contributed by atoms with Crippen LogP contribution in [0.3, 0.4) is 0 Å². The molecule has 5 rings (SSSR count). The molecule has 192 valence electrons. The molecule has 1 aromatic heterocycles. The van der Waals surface area contributed by atoms with E-state index in [1.165, 1.54) is 11.3 Å². The highest BCUT2D eigenvalue weighted by Crippen LogP contribution is 2.41. The average molecular weight is 525 g/mol. The molecule has 1 atom stereocenters. The van der Waals surface area contributed by atoms with Crippen LogP contribution in [0.4, 0.5) is 0 Å². The van der Waals surface area contributed by atoms with Crippen molar-refractivity contribution in [1.29, 1.82) is 0 Å². The van der Waals surface area contributed by atoms with E-state index in [9.17, 15) is 14.7 Å². The first-order chi connectivity index (χ1) is 18.4. The average Bonchev–Trinajstić information content (AvgIpc) is 3.41. The number of Topliss-reactive ketones (excluding diaryl/α,β-unsaturated/α-hetero) is 1. The molecule has 1 unspecified atom stereocenters. The van der Waals surface area contributed by atoms with Gasteiger partial charge in [0, 0.05) is 6.54 Å². The van der Waals surface area contributed by atoms with E-state index in [1.807, 2.05) is 91.9 Å². The van der Waals surface area contributed by atoms with E-state index in [0.717, 1.165) is 16.1 Å². The van der Waals surface area contributed by atoms with Gasteiger partial charge in [0.25, 0.3) is 5.91 Å². The SMILES string of the molecule is Cc1nc(C)c(C(=O)C2=C(O)C(=O)N(CCc3ccccc3)C2c2cccc(OCc3ccccc3)c2)s1. The second-order valence-corrected chi connectivity index (χ2v) is 10.4. The van der Waals surface area contributed by atoms with Gasteiger partial charge in [-0.15, -0.1) is 11.3 Å². The summed E-state index contributed by atoms with van der Waals surface area (Å²) in [6.45, 7) is 4.33. The molecule has 4 aromatic rings. The number of hydrogen-bond donors (Lipinski definition) is 1. The number of ether oxygens (including phenoxy) is 1. The number of nitrogens with zero attached hydrogens (tertiary/aromatic N) is 2. The van der Waals surface area contributed by atoms with Gasteiger partial charge >= 0.3 is 0 Å². The predicted molar refractivity (Wildman–Crippen MR) is 147 cm³/mol. The van der Waals surface area contributed by atoms with Gasteiger partial charge in [-0.2, -0.15) is 0 Å². The van der Waals surface area contributed by atoms with Crippen molar-refractivity contribution < 1.29 is 19.4 Å².